The van der Waals surface area contributed by atoms with E-state index >= 15 is 0 Å². The van der Waals surface area contributed by atoms with E-state index in [2.05, 4.69) is 17.0 Å². The fraction of sp³-hybridized carbons (Fsp3) is 0.615. The molecule has 0 radical (unpaired) electrons. The van der Waals surface area contributed by atoms with Crippen molar-refractivity contribution in [2.75, 3.05) is 20.8 Å². The molecule has 0 spiro atoms. The van der Waals surface area contributed by atoms with Gasteiger partial charge in [-0.25, -0.2) is 4.79 Å². The summed E-state index contributed by atoms with van der Waals surface area (Å²) in [5.41, 5.74) is 0. The summed E-state index contributed by atoms with van der Waals surface area (Å²) in [7, 11) is 3.02. The smallest absolute Gasteiger partial charge is 0.373 e. The van der Waals surface area contributed by atoms with Crippen LogP contribution in [0.3, 0.4) is 0 Å². The number of nitrogens with one attached hydrogen (secondary N) is 1. The number of furan rings is 1. The molecule has 5 nitrogen and oxygen atoms in total. The second kappa shape index (κ2) is 7.89. The van der Waals surface area contributed by atoms with Crippen LogP contribution < -0.4 is 5.32 Å². The third-order valence-electron chi connectivity index (χ3n) is 2.62. The molecule has 0 saturated carbocycles. The highest BCUT2D eigenvalue weighted by molar-refractivity contribution is 5.86. The number of ether oxygens (including phenoxy) is 2. The van der Waals surface area contributed by atoms with Gasteiger partial charge in [0.15, 0.2) is 0 Å². The largest absolute Gasteiger partial charge is 0.463 e. The fourth-order valence-corrected chi connectivity index (χ4v) is 1.72. The Hall–Kier alpha value is -1.33. The van der Waals surface area contributed by atoms with E-state index in [1.807, 2.05) is 0 Å². The van der Waals surface area contributed by atoms with E-state index in [0.29, 0.717) is 25.0 Å². The second-order valence-electron chi connectivity index (χ2n) is 4.08. The lowest BCUT2D eigenvalue weighted by molar-refractivity contribution is 0.0562. The third kappa shape index (κ3) is 4.50. The van der Waals surface area contributed by atoms with Crippen molar-refractivity contribution >= 4 is 5.97 Å². The molecule has 0 amide bonds. The number of carbonyl (C=O) groups excluding carboxylic acids is 1. The highest BCUT2D eigenvalue weighted by Crippen LogP contribution is 2.09. The summed E-state index contributed by atoms with van der Waals surface area (Å²) in [6, 6.07) is 3.69. The summed E-state index contributed by atoms with van der Waals surface area (Å²) >= 11 is 0. The van der Waals surface area contributed by atoms with Gasteiger partial charge in [-0.2, -0.15) is 0 Å². The van der Waals surface area contributed by atoms with E-state index in [0.717, 1.165) is 12.8 Å². The Balaban J connectivity index is 2.46. The van der Waals surface area contributed by atoms with Gasteiger partial charge in [0.1, 0.15) is 5.76 Å². The van der Waals surface area contributed by atoms with Crippen LogP contribution in [0.5, 0.6) is 0 Å². The molecular formula is C13H21NO4. The summed E-state index contributed by atoms with van der Waals surface area (Å²) in [6.07, 6.45) is 2.13. The van der Waals surface area contributed by atoms with E-state index in [1.54, 1.807) is 19.2 Å². The van der Waals surface area contributed by atoms with Crippen molar-refractivity contribution in [3.8, 4) is 0 Å². The minimum absolute atomic E-state index is 0.230. The molecule has 0 aromatic carbocycles. The fourth-order valence-electron chi connectivity index (χ4n) is 1.72. The molecule has 0 aliphatic rings. The number of hydrogen-bond acceptors (Lipinski definition) is 5. The van der Waals surface area contributed by atoms with Gasteiger partial charge in [0.2, 0.25) is 5.76 Å². The van der Waals surface area contributed by atoms with Crippen LogP contribution in [0.4, 0.5) is 0 Å². The Morgan fingerprint density at radius 2 is 2.22 bits per heavy atom. The number of esters is 1. The summed E-state index contributed by atoms with van der Waals surface area (Å²) in [6.45, 7) is 3.37. The van der Waals surface area contributed by atoms with Crippen molar-refractivity contribution < 1.29 is 18.7 Å². The van der Waals surface area contributed by atoms with Gasteiger partial charge in [0.05, 0.1) is 20.3 Å². The van der Waals surface area contributed by atoms with Crippen molar-refractivity contribution in [3.05, 3.63) is 23.7 Å². The van der Waals surface area contributed by atoms with Gasteiger partial charge >= 0.3 is 5.97 Å². The molecule has 0 aliphatic carbocycles. The maximum Gasteiger partial charge on any atom is 0.373 e. The quantitative estimate of drug-likeness (QED) is 0.720. The summed E-state index contributed by atoms with van der Waals surface area (Å²) in [4.78, 5) is 11.2. The van der Waals surface area contributed by atoms with Gasteiger partial charge < -0.3 is 19.2 Å². The van der Waals surface area contributed by atoms with Gasteiger partial charge in [-0.05, 0) is 18.6 Å². The first-order chi connectivity index (χ1) is 8.71. The van der Waals surface area contributed by atoms with E-state index in [9.17, 15) is 4.79 Å². The minimum atomic E-state index is -0.455. The minimum Gasteiger partial charge on any atom is -0.463 e. The Morgan fingerprint density at radius 1 is 1.44 bits per heavy atom. The van der Waals surface area contributed by atoms with Gasteiger partial charge in [-0.15, -0.1) is 0 Å². The van der Waals surface area contributed by atoms with Crippen LogP contribution in [0.2, 0.25) is 0 Å². The van der Waals surface area contributed by atoms with Gasteiger partial charge in [0, 0.05) is 13.2 Å². The first-order valence-electron chi connectivity index (χ1n) is 6.10. The van der Waals surface area contributed by atoms with Crippen LogP contribution in [-0.2, 0) is 16.0 Å². The van der Waals surface area contributed by atoms with E-state index in [1.165, 1.54) is 7.11 Å². The van der Waals surface area contributed by atoms with Crippen molar-refractivity contribution in [1.29, 1.82) is 0 Å². The predicted molar refractivity (Wildman–Crippen MR) is 67.5 cm³/mol. The number of hydrogen-bond donors (Lipinski definition) is 1. The average Bonchev–Trinajstić information content (AvgIpc) is 2.84. The molecule has 1 aromatic rings. The van der Waals surface area contributed by atoms with Crippen LogP contribution in [0.1, 0.15) is 36.1 Å². The molecule has 18 heavy (non-hydrogen) atoms. The van der Waals surface area contributed by atoms with Crippen LogP contribution in [0.25, 0.3) is 0 Å². The normalized spacial score (nSPS) is 12.4. The average molecular weight is 255 g/mol. The molecule has 102 valence electrons. The zero-order valence-corrected chi connectivity index (χ0v) is 11.2. The molecule has 1 rings (SSSR count). The molecule has 5 heteroatoms. The van der Waals surface area contributed by atoms with Crippen molar-refractivity contribution in [3.63, 3.8) is 0 Å². The van der Waals surface area contributed by atoms with Gasteiger partial charge in [-0.1, -0.05) is 13.3 Å². The Morgan fingerprint density at radius 3 is 2.83 bits per heavy atom. The first kappa shape index (κ1) is 14.7. The van der Waals surface area contributed by atoms with E-state index < -0.39 is 5.97 Å². The van der Waals surface area contributed by atoms with Crippen molar-refractivity contribution in [2.45, 2.75) is 32.4 Å². The lowest BCUT2D eigenvalue weighted by Gasteiger charge is -2.16. The molecule has 1 N–H and O–H groups in total. The highest BCUT2D eigenvalue weighted by Gasteiger charge is 2.12. The molecule has 1 atom stereocenters. The predicted octanol–water partition coefficient (Wildman–Crippen LogP) is 1.97. The topological polar surface area (TPSA) is 60.7 Å². The molecule has 1 heterocycles. The Kier molecular flexibility index (Phi) is 6.46. The zero-order chi connectivity index (χ0) is 13.4. The molecule has 0 bridgehead atoms. The molecular weight excluding hydrogens is 234 g/mol. The van der Waals surface area contributed by atoms with Crippen molar-refractivity contribution in [1.82, 2.24) is 5.32 Å². The lowest BCUT2D eigenvalue weighted by atomic mass is 10.2. The molecule has 0 fully saturated rings. The SMILES string of the molecule is CCCC(COC)NCc1ccc(C(=O)OC)o1. The van der Waals surface area contributed by atoms with Crippen LogP contribution >= 0.6 is 0 Å². The van der Waals surface area contributed by atoms with Crippen LogP contribution in [0.15, 0.2) is 16.5 Å². The third-order valence-corrected chi connectivity index (χ3v) is 2.62. The summed E-state index contributed by atoms with van der Waals surface area (Å²) in [5.74, 6) is 0.490. The van der Waals surface area contributed by atoms with E-state index in [-0.39, 0.29) is 5.76 Å². The number of rotatable bonds is 8. The first-order valence-corrected chi connectivity index (χ1v) is 6.10. The Bertz CT molecular complexity index is 356. The zero-order valence-electron chi connectivity index (χ0n) is 11.2. The van der Waals surface area contributed by atoms with E-state index in [4.69, 9.17) is 9.15 Å². The molecule has 1 aromatic heterocycles. The van der Waals surface area contributed by atoms with Crippen LogP contribution in [0, 0.1) is 0 Å². The second-order valence-corrected chi connectivity index (χ2v) is 4.08. The molecule has 0 aliphatic heterocycles. The maximum absolute atomic E-state index is 11.2. The molecule has 1 unspecified atom stereocenters. The number of methoxy groups -OCH3 is 2. The van der Waals surface area contributed by atoms with Crippen molar-refractivity contribution in [2.24, 2.45) is 0 Å². The lowest BCUT2D eigenvalue weighted by Crippen LogP contribution is -2.32. The Labute approximate surface area is 107 Å². The van der Waals surface area contributed by atoms with Gasteiger partial charge in [0.25, 0.3) is 0 Å². The monoisotopic (exact) mass is 255 g/mol. The maximum atomic E-state index is 11.2. The summed E-state index contributed by atoms with van der Waals surface area (Å²) < 4.78 is 15.1. The van der Waals surface area contributed by atoms with Gasteiger partial charge in [-0.3, -0.25) is 0 Å². The molecule has 0 saturated heterocycles. The highest BCUT2D eigenvalue weighted by atomic mass is 16.5. The van der Waals surface area contributed by atoms with Crippen LogP contribution in [-0.4, -0.2) is 32.8 Å². The summed E-state index contributed by atoms with van der Waals surface area (Å²) in [5, 5.41) is 3.34. The standard InChI is InChI=1S/C13H21NO4/c1-4-5-10(9-16-2)14-8-11-6-7-12(18-11)13(15)17-3/h6-7,10,14H,4-5,8-9H2,1-3H3. The number of carbonyl (C=O) groups is 1.